The van der Waals surface area contributed by atoms with Gasteiger partial charge >= 0.3 is 0 Å². The summed E-state index contributed by atoms with van der Waals surface area (Å²) in [4.78, 5) is 21.7. The average Bonchev–Trinajstić information content (AvgIpc) is 2.84. The predicted molar refractivity (Wildman–Crippen MR) is 96.6 cm³/mol. The standard InChI is InChI=1S/C17H17N3OS2/c1-10-11-4-2-3-5-14(11)23-15(10)9-20-7-6-13-12(8-20)16(21)19-17(22)18-13/h2-5H,6-9H2,1H3,(H2,18,19,21,22). The zero-order valence-corrected chi connectivity index (χ0v) is 14.4. The molecule has 0 unspecified atom stereocenters. The van der Waals surface area contributed by atoms with E-state index < -0.39 is 0 Å². The molecule has 4 nitrogen and oxygen atoms in total. The van der Waals surface area contributed by atoms with E-state index in [1.807, 2.05) is 11.3 Å². The van der Waals surface area contributed by atoms with Crippen LogP contribution in [0.5, 0.6) is 0 Å². The van der Waals surface area contributed by atoms with Gasteiger partial charge in [-0.2, -0.15) is 0 Å². The molecule has 23 heavy (non-hydrogen) atoms. The van der Waals surface area contributed by atoms with Crippen LogP contribution in [0, 0.1) is 11.7 Å². The lowest BCUT2D eigenvalue weighted by Crippen LogP contribution is -2.35. The van der Waals surface area contributed by atoms with Crippen LogP contribution in [0.1, 0.15) is 21.7 Å². The Morgan fingerprint density at radius 2 is 2.13 bits per heavy atom. The van der Waals surface area contributed by atoms with Gasteiger partial charge in [0, 0.05) is 41.3 Å². The quantitative estimate of drug-likeness (QED) is 0.700. The van der Waals surface area contributed by atoms with Crippen LogP contribution in [0.4, 0.5) is 0 Å². The van der Waals surface area contributed by atoms with Crippen molar-refractivity contribution < 1.29 is 0 Å². The number of hydrogen-bond donors (Lipinski definition) is 2. The van der Waals surface area contributed by atoms with Crippen molar-refractivity contribution in [3.63, 3.8) is 0 Å². The maximum absolute atomic E-state index is 12.1. The van der Waals surface area contributed by atoms with E-state index in [0.717, 1.165) is 30.8 Å². The number of benzene rings is 1. The molecular formula is C17H17N3OS2. The first-order valence-corrected chi connectivity index (χ1v) is 8.88. The number of H-pyrrole nitrogens is 2. The first-order chi connectivity index (χ1) is 11.1. The lowest BCUT2D eigenvalue weighted by atomic mass is 10.1. The Hall–Kier alpha value is -1.76. The summed E-state index contributed by atoms with van der Waals surface area (Å²) in [6.07, 6.45) is 0.840. The van der Waals surface area contributed by atoms with Gasteiger partial charge in [0.1, 0.15) is 0 Å². The smallest absolute Gasteiger partial charge is 0.256 e. The lowest BCUT2D eigenvalue weighted by molar-refractivity contribution is 0.243. The van der Waals surface area contributed by atoms with Crippen LogP contribution in [0.3, 0.4) is 0 Å². The second kappa shape index (κ2) is 5.70. The first kappa shape index (κ1) is 14.8. The average molecular weight is 343 g/mol. The zero-order chi connectivity index (χ0) is 16.0. The molecule has 0 fully saturated rings. The van der Waals surface area contributed by atoms with E-state index in [0.29, 0.717) is 11.3 Å². The van der Waals surface area contributed by atoms with Crippen molar-refractivity contribution in [2.75, 3.05) is 6.54 Å². The highest BCUT2D eigenvalue weighted by molar-refractivity contribution is 7.71. The molecule has 1 aliphatic heterocycles. The molecule has 0 aliphatic carbocycles. The number of fused-ring (bicyclic) bond motifs is 2. The largest absolute Gasteiger partial charge is 0.335 e. The van der Waals surface area contributed by atoms with E-state index in [1.165, 1.54) is 20.5 Å². The zero-order valence-electron chi connectivity index (χ0n) is 12.8. The molecule has 0 amide bonds. The van der Waals surface area contributed by atoms with Gasteiger partial charge in [0.25, 0.3) is 5.56 Å². The maximum atomic E-state index is 12.1. The van der Waals surface area contributed by atoms with E-state index in [1.54, 1.807) is 0 Å². The minimum atomic E-state index is -0.0542. The van der Waals surface area contributed by atoms with Crippen LogP contribution in [-0.2, 0) is 19.5 Å². The van der Waals surface area contributed by atoms with Gasteiger partial charge in [0.15, 0.2) is 4.77 Å². The van der Waals surface area contributed by atoms with Crippen molar-refractivity contribution in [2.45, 2.75) is 26.4 Å². The van der Waals surface area contributed by atoms with Gasteiger partial charge in [-0.25, -0.2) is 0 Å². The number of hydrogen-bond acceptors (Lipinski definition) is 4. The lowest BCUT2D eigenvalue weighted by Gasteiger charge is -2.27. The van der Waals surface area contributed by atoms with Crippen LogP contribution >= 0.6 is 23.6 Å². The normalized spacial score (nSPS) is 15.0. The van der Waals surface area contributed by atoms with Gasteiger partial charge in [-0.15, -0.1) is 11.3 Å². The molecule has 3 heterocycles. The fourth-order valence-electron chi connectivity index (χ4n) is 3.23. The number of nitrogens with zero attached hydrogens (tertiary/aromatic N) is 1. The number of aryl methyl sites for hydroxylation is 1. The summed E-state index contributed by atoms with van der Waals surface area (Å²) < 4.78 is 1.75. The third-order valence-electron chi connectivity index (χ3n) is 4.50. The van der Waals surface area contributed by atoms with E-state index in [9.17, 15) is 4.79 Å². The van der Waals surface area contributed by atoms with Crippen molar-refractivity contribution in [3.05, 3.63) is 61.1 Å². The number of aromatic nitrogens is 2. The summed E-state index contributed by atoms with van der Waals surface area (Å²) in [5.74, 6) is 0. The van der Waals surface area contributed by atoms with E-state index >= 15 is 0 Å². The summed E-state index contributed by atoms with van der Waals surface area (Å²) in [5, 5.41) is 1.34. The van der Waals surface area contributed by atoms with Gasteiger partial charge in [0.05, 0.1) is 5.56 Å². The molecule has 4 rings (SSSR count). The Labute approximate surface area is 142 Å². The Bertz CT molecular complexity index is 999. The van der Waals surface area contributed by atoms with Crippen LogP contribution in [-0.4, -0.2) is 21.4 Å². The summed E-state index contributed by atoms with van der Waals surface area (Å²) in [5.41, 5.74) is 3.12. The van der Waals surface area contributed by atoms with E-state index in [-0.39, 0.29) is 5.56 Å². The van der Waals surface area contributed by atoms with Crippen LogP contribution in [0.15, 0.2) is 29.1 Å². The molecule has 1 aromatic carbocycles. The fraction of sp³-hybridized carbons (Fsp3) is 0.294. The van der Waals surface area contributed by atoms with Gasteiger partial charge in [-0.1, -0.05) is 18.2 Å². The van der Waals surface area contributed by atoms with Gasteiger partial charge in [-0.05, 0) is 36.2 Å². The summed E-state index contributed by atoms with van der Waals surface area (Å²) in [7, 11) is 0. The summed E-state index contributed by atoms with van der Waals surface area (Å²) in [6.45, 7) is 4.69. The molecule has 0 saturated carbocycles. The fourth-order valence-corrected chi connectivity index (χ4v) is 4.70. The van der Waals surface area contributed by atoms with Crippen molar-refractivity contribution >= 4 is 33.6 Å². The Morgan fingerprint density at radius 3 is 2.96 bits per heavy atom. The van der Waals surface area contributed by atoms with Gasteiger partial charge in [0.2, 0.25) is 0 Å². The number of nitrogens with one attached hydrogen (secondary N) is 2. The molecule has 2 aromatic heterocycles. The van der Waals surface area contributed by atoms with E-state index in [4.69, 9.17) is 12.2 Å². The molecule has 0 bridgehead atoms. The third kappa shape index (κ3) is 2.67. The molecule has 0 atom stereocenters. The minimum Gasteiger partial charge on any atom is -0.335 e. The van der Waals surface area contributed by atoms with Gasteiger partial charge in [-0.3, -0.25) is 14.7 Å². The molecule has 6 heteroatoms. The monoisotopic (exact) mass is 343 g/mol. The molecule has 2 N–H and O–H groups in total. The molecule has 1 aliphatic rings. The second-order valence-electron chi connectivity index (χ2n) is 5.97. The number of thiophene rings is 1. The highest BCUT2D eigenvalue weighted by Crippen LogP contribution is 2.32. The molecule has 118 valence electrons. The first-order valence-electron chi connectivity index (χ1n) is 7.65. The highest BCUT2D eigenvalue weighted by atomic mass is 32.1. The highest BCUT2D eigenvalue weighted by Gasteiger charge is 2.21. The van der Waals surface area contributed by atoms with Crippen molar-refractivity contribution in [2.24, 2.45) is 0 Å². The summed E-state index contributed by atoms with van der Waals surface area (Å²) in [6, 6.07) is 8.53. The molecule has 0 spiro atoms. The van der Waals surface area contributed by atoms with Crippen LogP contribution in [0.25, 0.3) is 10.1 Å². The Morgan fingerprint density at radius 1 is 1.30 bits per heavy atom. The van der Waals surface area contributed by atoms with Crippen LogP contribution in [0.2, 0.25) is 0 Å². The molecular weight excluding hydrogens is 326 g/mol. The van der Waals surface area contributed by atoms with Crippen LogP contribution < -0.4 is 5.56 Å². The SMILES string of the molecule is Cc1c(CN2CCc3[nH]c(=S)[nH]c(=O)c3C2)sc2ccccc12. The maximum Gasteiger partial charge on any atom is 0.256 e. The number of aromatic amines is 2. The van der Waals surface area contributed by atoms with Crippen molar-refractivity contribution in [3.8, 4) is 0 Å². The number of rotatable bonds is 2. The molecule has 0 saturated heterocycles. The van der Waals surface area contributed by atoms with Gasteiger partial charge < -0.3 is 4.98 Å². The predicted octanol–water partition coefficient (Wildman–Crippen LogP) is 3.51. The molecule has 0 radical (unpaired) electrons. The minimum absolute atomic E-state index is 0.0542. The third-order valence-corrected chi connectivity index (χ3v) is 5.96. The summed E-state index contributed by atoms with van der Waals surface area (Å²) >= 11 is 6.90. The van der Waals surface area contributed by atoms with Crippen molar-refractivity contribution in [1.82, 2.24) is 14.9 Å². The topological polar surface area (TPSA) is 51.9 Å². The molecule has 3 aromatic rings. The second-order valence-corrected chi connectivity index (χ2v) is 7.52. The van der Waals surface area contributed by atoms with Crippen molar-refractivity contribution in [1.29, 1.82) is 0 Å². The Balaban J connectivity index is 1.64. The van der Waals surface area contributed by atoms with E-state index in [2.05, 4.69) is 46.1 Å². The Kier molecular flexibility index (Phi) is 3.67.